The van der Waals surface area contributed by atoms with Gasteiger partial charge in [-0.1, -0.05) is 42.0 Å². The molecule has 1 heterocycles. The van der Waals surface area contributed by atoms with Gasteiger partial charge in [0.05, 0.1) is 11.1 Å². The summed E-state index contributed by atoms with van der Waals surface area (Å²) in [5, 5.41) is 4.04. The summed E-state index contributed by atoms with van der Waals surface area (Å²) >= 11 is 0. The van der Waals surface area contributed by atoms with Crippen LogP contribution in [0.5, 0.6) is 0 Å². The molecule has 0 unspecified atom stereocenters. The summed E-state index contributed by atoms with van der Waals surface area (Å²) in [6.07, 6.45) is 2.69. The van der Waals surface area contributed by atoms with Crippen LogP contribution >= 0.6 is 0 Å². The number of aromatic amines is 1. The van der Waals surface area contributed by atoms with Crippen molar-refractivity contribution in [3.05, 3.63) is 71.4 Å². The molecule has 3 aromatic rings. The Morgan fingerprint density at radius 2 is 1.90 bits per heavy atom. The maximum absolute atomic E-state index is 12.3. The number of rotatable bonds is 4. The van der Waals surface area contributed by atoms with Crippen LogP contribution in [0.1, 0.15) is 21.5 Å². The molecule has 106 valence electrons. The summed E-state index contributed by atoms with van der Waals surface area (Å²) in [5.41, 5.74) is 4.08. The second-order valence-electron chi connectivity index (χ2n) is 5.24. The fourth-order valence-corrected chi connectivity index (χ4v) is 2.44. The van der Waals surface area contributed by atoms with E-state index in [1.54, 1.807) is 0 Å². The number of benzene rings is 2. The molecule has 2 aromatic carbocycles. The van der Waals surface area contributed by atoms with E-state index in [-0.39, 0.29) is 5.91 Å². The molecular formula is C18H18N2O. The van der Waals surface area contributed by atoms with E-state index >= 15 is 0 Å². The molecule has 0 radical (unpaired) electrons. The molecule has 21 heavy (non-hydrogen) atoms. The van der Waals surface area contributed by atoms with Crippen molar-refractivity contribution in [3.8, 4) is 0 Å². The van der Waals surface area contributed by atoms with E-state index in [0.717, 1.165) is 17.3 Å². The Labute approximate surface area is 124 Å². The van der Waals surface area contributed by atoms with Crippen molar-refractivity contribution in [3.63, 3.8) is 0 Å². The van der Waals surface area contributed by atoms with Crippen LogP contribution in [0.25, 0.3) is 10.9 Å². The van der Waals surface area contributed by atoms with Crippen molar-refractivity contribution in [1.29, 1.82) is 0 Å². The zero-order chi connectivity index (χ0) is 14.7. The summed E-state index contributed by atoms with van der Waals surface area (Å²) in [6, 6.07) is 16.1. The lowest BCUT2D eigenvalue weighted by molar-refractivity contribution is 0.0955. The maximum atomic E-state index is 12.3. The largest absolute Gasteiger partial charge is 0.361 e. The van der Waals surface area contributed by atoms with Crippen molar-refractivity contribution in [2.75, 3.05) is 6.54 Å². The molecule has 0 aliphatic heterocycles. The molecular weight excluding hydrogens is 260 g/mol. The number of hydrogen-bond acceptors (Lipinski definition) is 1. The standard InChI is InChI=1S/C18H18N2O/c1-13-5-7-14(8-6-13)9-11-20-18(21)16-4-2-3-15-10-12-19-17(15)16/h2-8,10,12,19H,9,11H2,1H3,(H,20,21). The van der Waals surface area contributed by atoms with Crippen LogP contribution < -0.4 is 5.32 Å². The monoisotopic (exact) mass is 278 g/mol. The second kappa shape index (κ2) is 5.83. The first-order valence-corrected chi connectivity index (χ1v) is 7.14. The Kier molecular flexibility index (Phi) is 3.73. The van der Waals surface area contributed by atoms with Gasteiger partial charge in [-0.25, -0.2) is 0 Å². The van der Waals surface area contributed by atoms with Gasteiger partial charge in [-0.05, 0) is 31.0 Å². The van der Waals surface area contributed by atoms with Gasteiger partial charge in [0.2, 0.25) is 0 Å². The minimum Gasteiger partial charge on any atom is -0.361 e. The molecule has 0 atom stereocenters. The zero-order valence-electron chi connectivity index (χ0n) is 12.0. The highest BCUT2D eigenvalue weighted by molar-refractivity contribution is 6.05. The molecule has 2 N–H and O–H groups in total. The predicted octanol–water partition coefficient (Wildman–Crippen LogP) is 3.45. The average molecular weight is 278 g/mol. The van der Waals surface area contributed by atoms with Gasteiger partial charge < -0.3 is 10.3 Å². The first-order valence-electron chi connectivity index (χ1n) is 7.14. The molecule has 0 saturated heterocycles. The van der Waals surface area contributed by atoms with Crippen LogP contribution in [0.2, 0.25) is 0 Å². The van der Waals surface area contributed by atoms with Gasteiger partial charge in [0.25, 0.3) is 5.91 Å². The Balaban J connectivity index is 1.64. The summed E-state index contributed by atoms with van der Waals surface area (Å²) in [5.74, 6) is -0.0323. The summed E-state index contributed by atoms with van der Waals surface area (Å²) in [4.78, 5) is 15.4. The number of carbonyl (C=O) groups is 1. The van der Waals surface area contributed by atoms with Gasteiger partial charge in [-0.2, -0.15) is 0 Å². The highest BCUT2D eigenvalue weighted by atomic mass is 16.1. The highest BCUT2D eigenvalue weighted by Crippen LogP contribution is 2.16. The molecule has 0 fully saturated rings. The van der Waals surface area contributed by atoms with Gasteiger partial charge in [-0.15, -0.1) is 0 Å². The van der Waals surface area contributed by atoms with E-state index in [2.05, 4.69) is 41.5 Å². The Morgan fingerprint density at radius 1 is 1.10 bits per heavy atom. The Morgan fingerprint density at radius 3 is 2.71 bits per heavy atom. The van der Waals surface area contributed by atoms with Crippen LogP contribution in [0.4, 0.5) is 0 Å². The van der Waals surface area contributed by atoms with Crippen molar-refractivity contribution in [2.45, 2.75) is 13.3 Å². The number of amides is 1. The number of nitrogens with one attached hydrogen (secondary N) is 2. The summed E-state index contributed by atoms with van der Waals surface area (Å²) in [7, 11) is 0. The lowest BCUT2D eigenvalue weighted by Gasteiger charge is -2.07. The lowest BCUT2D eigenvalue weighted by atomic mass is 10.1. The van der Waals surface area contributed by atoms with E-state index in [1.165, 1.54) is 11.1 Å². The topological polar surface area (TPSA) is 44.9 Å². The first kappa shape index (κ1) is 13.4. The third kappa shape index (κ3) is 2.97. The third-order valence-corrected chi connectivity index (χ3v) is 3.65. The van der Waals surface area contributed by atoms with Crippen LogP contribution in [0.15, 0.2) is 54.7 Å². The van der Waals surface area contributed by atoms with Crippen LogP contribution in [0.3, 0.4) is 0 Å². The van der Waals surface area contributed by atoms with Crippen LogP contribution in [-0.4, -0.2) is 17.4 Å². The van der Waals surface area contributed by atoms with Crippen molar-refractivity contribution < 1.29 is 4.79 Å². The second-order valence-corrected chi connectivity index (χ2v) is 5.24. The van der Waals surface area contributed by atoms with Crippen LogP contribution in [0, 0.1) is 6.92 Å². The van der Waals surface area contributed by atoms with E-state index in [1.807, 2.05) is 30.5 Å². The van der Waals surface area contributed by atoms with Gasteiger partial charge in [0.1, 0.15) is 0 Å². The normalized spacial score (nSPS) is 10.7. The third-order valence-electron chi connectivity index (χ3n) is 3.65. The smallest absolute Gasteiger partial charge is 0.253 e. The van der Waals surface area contributed by atoms with Gasteiger partial charge in [0, 0.05) is 18.1 Å². The van der Waals surface area contributed by atoms with E-state index in [0.29, 0.717) is 12.1 Å². The predicted molar refractivity (Wildman–Crippen MR) is 85.5 cm³/mol. The SMILES string of the molecule is Cc1ccc(CCNC(=O)c2cccc3cc[nH]c23)cc1. The molecule has 0 saturated carbocycles. The Hall–Kier alpha value is -2.55. The number of aromatic nitrogens is 1. The average Bonchev–Trinajstić information content (AvgIpc) is 2.97. The molecule has 1 amide bonds. The molecule has 0 aliphatic carbocycles. The fraction of sp³-hybridized carbons (Fsp3) is 0.167. The van der Waals surface area contributed by atoms with E-state index in [9.17, 15) is 4.79 Å². The fourth-order valence-electron chi connectivity index (χ4n) is 2.44. The number of para-hydroxylation sites is 1. The minimum atomic E-state index is -0.0323. The van der Waals surface area contributed by atoms with Crippen LogP contribution in [-0.2, 0) is 6.42 Å². The van der Waals surface area contributed by atoms with Gasteiger partial charge in [0.15, 0.2) is 0 Å². The Bertz CT molecular complexity index is 756. The van der Waals surface area contributed by atoms with E-state index in [4.69, 9.17) is 0 Å². The molecule has 0 bridgehead atoms. The molecule has 0 spiro atoms. The molecule has 1 aromatic heterocycles. The first-order chi connectivity index (χ1) is 10.2. The number of aryl methyl sites for hydroxylation is 1. The number of hydrogen-bond donors (Lipinski definition) is 2. The van der Waals surface area contributed by atoms with Gasteiger partial charge >= 0.3 is 0 Å². The lowest BCUT2D eigenvalue weighted by Crippen LogP contribution is -2.25. The maximum Gasteiger partial charge on any atom is 0.253 e. The zero-order valence-corrected chi connectivity index (χ0v) is 12.0. The number of carbonyl (C=O) groups excluding carboxylic acids is 1. The van der Waals surface area contributed by atoms with Crippen molar-refractivity contribution >= 4 is 16.8 Å². The molecule has 3 heteroatoms. The summed E-state index contributed by atoms with van der Waals surface area (Å²) < 4.78 is 0. The minimum absolute atomic E-state index is 0.0323. The number of H-pyrrole nitrogens is 1. The van der Waals surface area contributed by atoms with Crippen molar-refractivity contribution in [2.24, 2.45) is 0 Å². The van der Waals surface area contributed by atoms with E-state index < -0.39 is 0 Å². The highest BCUT2D eigenvalue weighted by Gasteiger charge is 2.09. The quantitative estimate of drug-likeness (QED) is 0.754. The number of fused-ring (bicyclic) bond motifs is 1. The van der Waals surface area contributed by atoms with Gasteiger partial charge in [-0.3, -0.25) is 4.79 Å². The molecule has 0 aliphatic rings. The molecule has 3 nitrogen and oxygen atoms in total. The van der Waals surface area contributed by atoms with Crippen molar-refractivity contribution in [1.82, 2.24) is 10.3 Å². The summed E-state index contributed by atoms with van der Waals surface area (Å²) in [6.45, 7) is 2.71. The molecule has 3 rings (SSSR count).